The molecule has 13 rings (SSSR count). The molecular weight excluding hydrogens is 1670 g/mol. The smallest absolute Gasteiger partial charge is 0.466 e. The van der Waals surface area contributed by atoms with Gasteiger partial charge in [0.05, 0.1) is 91.3 Å². The van der Waals surface area contributed by atoms with Crippen LogP contribution in [-0.2, 0) is 148 Å². The summed E-state index contributed by atoms with van der Waals surface area (Å²) < 4.78 is 90.9. The summed E-state index contributed by atoms with van der Waals surface area (Å²) in [5, 5.41) is 0. The highest BCUT2D eigenvalue weighted by atomic mass is 16.7. The summed E-state index contributed by atoms with van der Waals surface area (Å²) in [5.41, 5.74) is -1.76. The Hall–Kier alpha value is -9.14. The zero-order valence-corrected chi connectivity index (χ0v) is 74.7. The molecule has 13 aliphatic rings. The molecule has 9 aliphatic heterocycles. The minimum Gasteiger partial charge on any atom is -0.466 e. The maximum atomic E-state index is 11.4. The highest BCUT2D eigenvalue weighted by Gasteiger charge is 2.43. The Labute approximate surface area is 759 Å². The lowest BCUT2D eigenvalue weighted by Gasteiger charge is -2.29. The SMILES string of the molecule is C.C.C.C#CCC1CCCCC1=O.C=CC1CCCCC1=O.C=CCC1CCCCC1=O.C=CCCC(=O)OCC1CO1.C=CCCC(=O)OCCC1CO1.C=CCOC(=O)C1(C)COC(=O)OC1.C=CCOCC1CO1.CC1CO1.CCOC(=O)C1(C)COC(=O)OC1.CCOC(C)OCC1CO1.O=C1CCCCC1.O=C1CCOC(=O)CC1.O=C1COC(=O)CO1. The van der Waals surface area contributed by atoms with E-state index in [1.54, 1.807) is 45.1 Å². The van der Waals surface area contributed by atoms with Crippen LogP contribution in [0.5, 0.6) is 0 Å². The van der Waals surface area contributed by atoms with Gasteiger partial charge in [0.2, 0.25) is 0 Å². The van der Waals surface area contributed by atoms with Crippen molar-refractivity contribution in [2.75, 3.05) is 132 Å². The van der Waals surface area contributed by atoms with Crippen LogP contribution in [0.25, 0.3) is 0 Å². The van der Waals surface area contributed by atoms with E-state index in [0.29, 0.717) is 138 Å². The molecule has 0 spiro atoms. The van der Waals surface area contributed by atoms with Gasteiger partial charge in [-0.15, -0.1) is 45.2 Å². The van der Waals surface area contributed by atoms with Gasteiger partial charge in [-0.3, -0.25) is 47.9 Å². The first-order valence-corrected chi connectivity index (χ1v) is 43.3. The fourth-order valence-electron chi connectivity index (χ4n) is 10.8. The lowest BCUT2D eigenvalue weighted by molar-refractivity contribution is -0.174. The normalized spacial score (nSPS) is 22.7. The Bertz CT molecular complexity index is 3230. The van der Waals surface area contributed by atoms with Crippen LogP contribution in [0, 0.1) is 40.9 Å². The minimum atomic E-state index is -0.906. The lowest BCUT2D eigenvalue weighted by Crippen LogP contribution is -2.44. The van der Waals surface area contributed by atoms with Gasteiger partial charge >= 0.3 is 54.1 Å². The number of hydrogen-bond acceptors (Lipinski definition) is 33. The highest BCUT2D eigenvalue weighted by Crippen LogP contribution is 2.28. The largest absolute Gasteiger partial charge is 0.508 e. The second-order valence-corrected chi connectivity index (χ2v) is 30.6. The van der Waals surface area contributed by atoms with Gasteiger partial charge in [0.25, 0.3) is 0 Å². The van der Waals surface area contributed by atoms with Crippen LogP contribution >= 0.6 is 0 Å². The van der Waals surface area contributed by atoms with E-state index in [2.05, 4.69) is 85.5 Å². The molecular formula is C95H152O33. The summed E-state index contributed by atoms with van der Waals surface area (Å²) in [6.45, 7) is 40.2. The number of ether oxygens (including phenoxy) is 19. The molecule has 4 aliphatic carbocycles. The van der Waals surface area contributed by atoms with Crippen molar-refractivity contribution in [3.63, 3.8) is 0 Å². The summed E-state index contributed by atoms with van der Waals surface area (Å²) in [6, 6.07) is 0. The summed E-state index contributed by atoms with van der Waals surface area (Å²) in [7, 11) is 0. The molecule has 4 saturated carbocycles. The summed E-state index contributed by atoms with van der Waals surface area (Å²) in [4.78, 5) is 150. The van der Waals surface area contributed by atoms with Crippen molar-refractivity contribution in [2.45, 2.75) is 274 Å². The average molecular weight is 1820 g/mol. The number of allylic oxidation sites excluding steroid dienone is 4. The van der Waals surface area contributed by atoms with E-state index >= 15 is 0 Å². The van der Waals surface area contributed by atoms with E-state index in [-0.39, 0.29) is 129 Å². The van der Waals surface area contributed by atoms with E-state index in [9.17, 15) is 67.1 Å². The fraction of sp³-hybridized carbons (Fsp3) is 0.705. The van der Waals surface area contributed by atoms with E-state index < -0.39 is 47.0 Å². The second kappa shape index (κ2) is 76.7. The van der Waals surface area contributed by atoms with Gasteiger partial charge in [-0.05, 0) is 112 Å². The molecule has 0 bridgehead atoms. The molecule has 0 N–H and O–H groups in total. The zero-order valence-electron chi connectivity index (χ0n) is 74.7. The molecule has 0 aromatic heterocycles. The molecule has 33 heteroatoms. The molecule has 730 valence electrons. The molecule has 33 nitrogen and oxygen atoms in total. The number of cyclic esters (lactones) is 7. The van der Waals surface area contributed by atoms with Crippen molar-refractivity contribution in [3.8, 4) is 12.3 Å². The van der Waals surface area contributed by atoms with Gasteiger partial charge < -0.3 is 90.0 Å². The quantitative estimate of drug-likeness (QED) is 0.0128. The van der Waals surface area contributed by atoms with Crippen LogP contribution in [0.2, 0.25) is 0 Å². The molecule has 9 saturated heterocycles. The molecule has 9 unspecified atom stereocenters. The van der Waals surface area contributed by atoms with Gasteiger partial charge in [0, 0.05) is 95.0 Å². The maximum absolute atomic E-state index is 11.4. The fourth-order valence-corrected chi connectivity index (χ4v) is 10.8. The molecule has 9 heterocycles. The highest BCUT2D eigenvalue weighted by molar-refractivity contribution is 5.86. The van der Waals surface area contributed by atoms with Crippen molar-refractivity contribution in [3.05, 3.63) is 75.9 Å². The zero-order chi connectivity index (χ0) is 92.9. The van der Waals surface area contributed by atoms with Crippen LogP contribution in [0.1, 0.15) is 237 Å². The topological polar surface area (TPSA) is 431 Å². The monoisotopic (exact) mass is 1820 g/mol. The third kappa shape index (κ3) is 68.9. The number of carbonyl (C=O) groups excluding carboxylic acids is 14. The van der Waals surface area contributed by atoms with Crippen molar-refractivity contribution in [2.24, 2.45) is 28.6 Å². The second-order valence-electron chi connectivity index (χ2n) is 30.6. The third-order valence-electron chi connectivity index (χ3n) is 18.9. The number of hydrogen-bond donors (Lipinski definition) is 0. The van der Waals surface area contributed by atoms with Crippen LogP contribution in [0.3, 0.4) is 0 Å². The van der Waals surface area contributed by atoms with Gasteiger partial charge in [-0.25, -0.2) is 19.2 Å². The first-order chi connectivity index (χ1) is 60.0. The Morgan fingerprint density at radius 3 is 1.33 bits per heavy atom. The van der Waals surface area contributed by atoms with Gasteiger partial charge in [-0.2, -0.15) is 0 Å². The van der Waals surface area contributed by atoms with E-state index in [4.69, 9.17) is 63.3 Å². The van der Waals surface area contributed by atoms with Crippen LogP contribution in [-0.4, -0.2) is 252 Å². The van der Waals surface area contributed by atoms with Crippen molar-refractivity contribution in [1.82, 2.24) is 0 Å². The minimum absolute atomic E-state index is 0. The van der Waals surface area contributed by atoms with Crippen LogP contribution in [0.15, 0.2) is 75.9 Å². The van der Waals surface area contributed by atoms with Crippen LogP contribution in [0.4, 0.5) is 9.59 Å². The van der Waals surface area contributed by atoms with Crippen molar-refractivity contribution >= 4 is 83.0 Å². The summed E-state index contributed by atoms with van der Waals surface area (Å²) in [5.74, 6) is 2.66. The first-order valence-electron chi connectivity index (χ1n) is 43.3. The number of terminal acetylenes is 1. The number of rotatable bonds is 29. The molecule has 0 radical (unpaired) electrons. The molecule has 13 fully saturated rings. The number of esters is 7. The number of epoxide rings is 5. The number of Topliss-reactive ketones (excluding diaryl/α,β-unsaturated/α-hetero) is 5. The molecule has 9 atom stereocenters. The van der Waals surface area contributed by atoms with E-state index in [0.717, 1.165) is 136 Å². The van der Waals surface area contributed by atoms with Gasteiger partial charge in [-0.1, -0.05) is 91.0 Å². The average Bonchev–Trinajstić information content (AvgIpc) is 1.51. The Morgan fingerprint density at radius 1 is 0.469 bits per heavy atom. The Morgan fingerprint density at radius 2 is 0.922 bits per heavy atom. The van der Waals surface area contributed by atoms with Gasteiger partial charge in [0.15, 0.2) is 19.5 Å². The third-order valence-corrected chi connectivity index (χ3v) is 18.9. The first kappa shape index (κ1) is 123. The van der Waals surface area contributed by atoms with Crippen molar-refractivity contribution in [1.29, 1.82) is 0 Å². The maximum Gasteiger partial charge on any atom is 0.508 e. The van der Waals surface area contributed by atoms with E-state index in [1.165, 1.54) is 31.8 Å². The lowest BCUT2D eigenvalue weighted by atomic mass is 9.86. The predicted octanol–water partition coefficient (Wildman–Crippen LogP) is 14.4. The number of carbonyl (C=O) groups is 14. The Kier molecular flexibility index (Phi) is 73.7. The number of ketones is 5. The van der Waals surface area contributed by atoms with Crippen molar-refractivity contribution < 1.29 is 157 Å². The predicted molar refractivity (Wildman–Crippen MR) is 476 cm³/mol. The molecule has 0 amide bonds. The Balaban J connectivity index is -0.00000133. The van der Waals surface area contributed by atoms with Gasteiger partial charge in [0.1, 0.15) is 97.7 Å². The molecule has 128 heavy (non-hydrogen) atoms. The van der Waals surface area contributed by atoms with Crippen LogP contribution < -0.4 is 0 Å². The molecule has 0 aromatic rings. The summed E-state index contributed by atoms with van der Waals surface area (Å²) in [6.07, 6.45) is 38.8. The van der Waals surface area contributed by atoms with E-state index in [1.807, 2.05) is 19.9 Å². The standard InChI is InChI=1S/C9H12O5.C9H14O3.C9H14O.C9H12O.C8H12O5.C8H12O3.C8H12O.C7H14O3.C6H8O3.C6H10O2.C6H10O.C4H4O4.C3H6O.3CH4/c1-3-4-12-7(10)9(2)5-13-8(11)14-6-9;1-2-3-4-9(10)11-6-5-8-7-12-8;2*1-2-5-8-6-3-4-7-9(8)10;1-3-11-6(9)8(2)4-12-7(10)13-5-8;1-2-3-4-8(9)11-6-7-5-10-7;1-2-7-5-3-4-6-8(7)9;1-3-8-6(2)9-4-7-5-10-7;7-5-1-2-6(8)9-4-3-5;1-2-3-7-4-6-5-8-6;7-6-4-2-1-3-5-6;5-3-1-7-4(6)2-8-3;1-3-2-4-3;;;/h3H,1,4-6H2,2H3;2,8H,1,3-7H2;2,8H,1,3-7H2;1,8H,3-7H2;3-5H2,1-2H3;2,7H,1,3-6H2;2,7H,1,3-6H2;6-7H,3-5H2,1-2H3;1-4H2;2,6H,1,3-5H2;1-5H2;1-2H2;3H,2H2,1H3;3*1H4. The molecule has 0 aromatic carbocycles. The summed E-state index contributed by atoms with van der Waals surface area (Å²) >= 11 is 0.